The molecule has 9 rings (SSSR count). The van der Waals surface area contributed by atoms with E-state index in [-0.39, 0.29) is 16.2 Å². The third kappa shape index (κ3) is 5.29. The van der Waals surface area contributed by atoms with Gasteiger partial charge in [0, 0.05) is 21.5 Å². The SMILES string of the molecule is CC(C)(C)c1ccc(-c2c(-c3ccc(C(C)(C)C)cc3)c3c4ccccc4c4ncnc5c6cc(C(C)(C)C)ccc6c(c2-c2ccccc2)c3c45)cc1. The molecule has 0 radical (unpaired) electrons. The van der Waals surface area contributed by atoms with Crippen molar-refractivity contribution in [1.82, 2.24) is 9.97 Å². The third-order valence-corrected chi connectivity index (χ3v) is 11.6. The van der Waals surface area contributed by atoms with Gasteiger partial charge in [-0.15, -0.1) is 0 Å². The highest BCUT2D eigenvalue weighted by Crippen LogP contribution is 2.55. The van der Waals surface area contributed by atoms with Gasteiger partial charge in [0.15, 0.2) is 0 Å². The second-order valence-corrected chi connectivity index (χ2v) is 18.3. The smallest absolute Gasteiger partial charge is 0.116 e. The number of benzene rings is 8. The van der Waals surface area contributed by atoms with Crippen LogP contribution in [0.3, 0.4) is 0 Å². The van der Waals surface area contributed by atoms with Gasteiger partial charge in [-0.05, 0) is 93.9 Å². The first-order chi connectivity index (χ1) is 25.7. The highest BCUT2D eigenvalue weighted by atomic mass is 14.8. The number of rotatable bonds is 3. The van der Waals surface area contributed by atoms with E-state index in [1.54, 1.807) is 6.33 Å². The van der Waals surface area contributed by atoms with Gasteiger partial charge in [-0.2, -0.15) is 0 Å². The number of fused-ring (bicyclic) bond motifs is 6. The van der Waals surface area contributed by atoms with Crippen LogP contribution in [0.2, 0.25) is 0 Å². The second-order valence-electron chi connectivity index (χ2n) is 18.3. The van der Waals surface area contributed by atoms with Crippen LogP contribution >= 0.6 is 0 Å². The first kappa shape index (κ1) is 34.2. The molecule has 0 bridgehead atoms. The molecule has 1 aromatic heterocycles. The van der Waals surface area contributed by atoms with Crippen LogP contribution in [0.15, 0.2) is 128 Å². The summed E-state index contributed by atoms with van der Waals surface area (Å²) in [6.07, 6.45) is 1.77. The second kappa shape index (κ2) is 12.0. The summed E-state index contributed by atoms with van der Waals surface area (Å²) >= 11 is 0. The summed E-state index contributed by atoms with van der Waals surface area (Å²) in [5, 5.41) is 9.65. The summed E-state index contributed by atoms with van der Waals surface area (Å²) in [5.74, 6) is 0. The Morgan fingerprint density at radius 3 is 1.30 bits per heavy atom. The van der Waals surface area contributed by atoms with Crippen LogP contribution in [0.1, 0.15) is 79.0 Å². The van der Waals surface area contributed by atoms with Crippen LogP contribution in [0.25, 0.3) is 87.5 Å². The molecule has 0 atom stereocenters. The average Bonchev–Trinajstić information content (AvgIpc) is 3.16. The minimum absolute atomic E-state index is 0.0224. The highest BCUT2D eigenvalue weighted by molar-refractivity contribution is 6.44. The van der Waals surface area contributed by atoms with E-state index in [1.165, 1.54) is 82.4 Å². The molecular formula is C52H48N2. The van der Waals surface area contributed by atoms with Gasteiger partial charge in [-0.3, -0.25) is 0 Å². The van der Waals surface area contributed by atoms with Crippen LogP contribution < -0.4 is 0 Å². The monoisotopic (exact) mass is 700 g/mol. The van der Waals surface area contributed by atoms with Crippen LogP contribution in [-0.4, -0.2) is 9.97 Å². The van der Waals surface area contributed by atoms with Crippen LogP contribution in [0.5, 0.6) is 0 Å². The average molecular weight is 701 g/mol. The zero-order valence-corrected chi connectivity index (χ0v) is 33.0. The zero-order chi connectivity index (χ0) is 37.7. The van der Waals surface area contributed by atoms with E-state index in [0.29, 0.717) is 0 Å². The van der Waals surface area contributed by atoms with E-state index in [1.807, 2.05) is 0 Å². The maximum atomic E-state index is 5.14. The zero-order valence-electron chi connectivity index (χ0n) is 33.0. The fourth-order valence-electron chi connectivity index (χ4n) is 8.65. The summed E-state index contributed by atoms with van der Waals surface area (Å²) in [6.45, 7) is 20.6. The molecule has 1 heterocycles. The van der Waals surface area contributed by atoms with Crippen molar-refractivity contribution in [1.29, 1.82) is 0 Å². The van der Waals surface area contributed by atoms with Gasteiger partial charge in [-0.1, -0.05) is 178 Å². The Morgan fingerprint density at radius 1 is 0.333 bits per heavy atom. The molecule has 8 aromatic carbocycles. The molecule has 0 unspecified atom stereocenters. The van der Waals surface area contributed by atoms with E-state index in [9.17, 15) is 0 Å². The topological polar surface area (TPSA) is 25.8 Å². The lowest BCUT2D eigenvalue weighted by atomic mass is 9.76. The molecule has 0 N–H and O–H groups in total. The van der Waals surface area contributed by atoms with Crippen molar-refractivity contribution in [2.24, 2.45) is 0 Å². The molecule has 266 valence electrons. The fourth-order valence-corrected chi connectivity index (χ4v) is 8.65. The molecule has 2 heteroatoms. The standard InChI is InChI=1S/C52H48N2/c1-50(2,3)34-23-19-32(20-24-34)41-42(31-15-11-10-12-16-31)45-38-28-27-36(52(7,8)9)29-40(38)49-47-46(45)44(37-17-13-14-18-39(37)48(47)53-30-54-49)43(41)33-21-25-35(26-22-33)51(4,5)6/h10-30H,1-9H3. The minimum Gasteiger partial charge on any atom is -0.236 e. The predicted octanol–water partition coefficient (Wildman–Crippen LogP) is 14.6. The van der Waals surface area contributed by atoms with Gasteiger partial charge >= 0.3 is 0 Å². The van der Waals surface area contributed by atoms with Gasteiger partial charge < -0.3 is 0 Å². The maximum absolute atomic E-state index is 5.14. The molecule has 0 saturated carbocycles. The fraction of sp³-hybridized carbons (Fsp3) is 0.231. The van der Waals surface area contributed by atoms with Crippen LogP contribution in [-0.2, 0) is 16.2 Å². The van der Waals surface area contributed by atoms with Crippen molar-refractivity contribution in [3.05, 3.63) is 144 Å². The number of aromatic nitrogens is 2. The quantitative estimate of drug-likeness (QED) is 0.135. The minimum atomic E-state index is -0.0224. The van der Waals surface area contributed by atoms with Crippen molar-refractivity contribution >= 4 is 54.1 Å². The Kier molecular flexibility index (Phi) is 7.57. The highest BCUT2D eigenvalue weighted by Gasteiger charge is 2.29. The van der Waals surface area contributed by atoms with E-state index in [0.717, 1.165) is 21.8 Å². The molecule has 9 aromatic rings. The van der Waals surface area contributed by atoms with Gasteiger partial charge in [0.1, 0.15) is 6.33 Å². The predicted molar refractivity (Wildman–Crippen MR) is 233 cm³/mol. The Hall–Kier alpha value is -5.60. The van der Waals surface area contributed by atoms with Crippen LogP contribution in [0.4, 0.5) is 0 Å². The molecular weight excluding hydrogens is 653 g/mol. The Balaban J connectivity index is 1.62. The molecule has 0 saturated heterocycles. The molecule has 0 fully saturated rings. The third-order valence-electron chi connectivity index (χ3n) is 11.6. The first-order valence-corrected chi connectivity index (χ1v) is 19.3. The Morgan fingerprint density at radius 2 is 0.759 bits per heavy atom. The summed E-state index contributed by atoms with van der Waals surface area (Å²) in [7, 11) is 0. The molecule has 0 spiro atoms. The van der Waals surface area contributed by atoms with Crippen molar-refractivity contribution in [3.63, 3.8) is 0 Å². The maximum Gasteiger partial charge on any atom is 0.116 e. The largest absolute Gasteiger partial charge is 0.236 e. The van der Waals surface area contributed by atoms with Gasteiger partial charge in [0.25, 0.3) is 0 Å². The summed E-state index contributed by atoms with van der Waals surface area (Å²) in [4.78, 5) is 10.2. The first-order valence-electron chi connectivity index (χ1n) is 19.3. The molecule has 0 amide bonds. The normalized spacial score (nSPS) is 12.9. The van der Waals surface area contributed by atoms with Crippen molar-refractivity contribution in [3.8, 4) is 33.4 Å². The molecule has 0 aliphatic rings. The lowest BCUT2D eigenvalue weighted by Gasteiger charge is -2.27. The summed E-state index contributed by atoms with van der Waals surface area (Å²) in [6, 6.07) is 45.8. The van der Waals surface area contributed by atoms with Gasteiger partial charge in [0.2, 0.25) is 0 Å². The lowest BCUT2D eigenvalue weighted by molar-refractivity contribution is 0.590. The lowest BCUT2D eigenvalue weighted by Crippen LogP contribution is -2.11. The van der Waals surface area contributed by atoms with Crippen LogP contribution in [0, 0.1) is 0 Å². The molecule has 2 nitrogen and oxygen atoms in total. The summed E-state index contributed by atoms with van der Waals surface area (Å²) in [5.41, 5.74) is 13.4. The van der Waals surface area contributed by atoms with Crippen molar-refractivity contribution in [2.45, 2.75) is 78.6 Å². The molecule has 0 aliphatic carbocycles. The Labute approximate surface area is 319 Å². The van der Waals surface area contributed by atoms with E-state index < -0.39 is 0 Å². The molecule has 0 aliphatic heterocycles. The Bertz CT molecular complexity index is 2880. The number of hydrogen-bond acceptors (Lipinski definition) is 2. The summed E-state index contributed by atoms with van der Waals surface area (Å²) < 4.78 is 0. The van der Waals surface area contributed by atoms with E-state index >= 15 is 0 Å². The van der Waals surface area contributed by atoms with Crippen molar-refractivity contribution in [2.75, 3.05) is 0 Å². The van der Waals surface area contributed by atoms with Gasteiger partial charge in [-0.25, -0.2) is 9.97 Å². The number of hydrogen-bond donors (Lipinski definition) is 0. The van der Waals surface area contributed by atoms with E-state index in [2.05, 4.69) is 184 Å². The van der Waals surface area contributed by atoms with Crippen molar-refractivity contribution < 1.29 is 0 Å². The number of nitrogens with zero attached hydrogens (tertiary/aromatic N) is 2. The molecule has 54 heavy (non-hydrogen) atoms. The van der Waals surface area contributed by atoms with E-state index in [4.69, 9.17) is 9.97 Å². The van der Waals surface area contributed by atoms with Gasteiger partial charge in [0.05, 0.1) is 11.0 Å².